The molecular formula is C23H27F3N2O3S. The van der Waals surface area contributed by atoms with Gasteiger partial charge in [0.1, 0.15) is 0 Å². The number of piperidine rings is 1. The Hall–Kier alpha value is -2.39. The summed E-state index contributed by atoms with van der Waals surface area (Å²) in [7, 11) is -4.06. The van der Waals surface area contributed by atoms with Crippen molar-refractivity contribution in [3.8, 4) is 0 Å². The number of hydrogen-bond donors (Lipinski definition) is 0. The van der Waals surface area contributed by atoms with Gasteiger partial charge in [0.25, 0.3) is 0 Å². The van der Waals surface area contributed by atoms with E-state index in [1.807, 2.05) is 37.3 Å². The molecule has 0 bridgehead atoms. The third-order valence-electron chi connectivity index (χ3n) is 5.62. The highest BCUT2D eigenvalue weighted by molar-refractivity contribution is 7.89. The predicted octanol–water partition coefficient (Wildman–Crippen LogP) is 4.54. The molecule has 0 radical (unpaired) electrons. The number of sulfonamides is 1. The maximum absolute atomic E-state index is 13.1. The molecule has 2 aromatic rings. The standard InChI is InChI=1S/C23H27F3N2O3S/c1-2-13-27(17-18-7-4-3-5-8-18)22(29)19-11-14-28(15-12-19)32(30,31)21-10-6-9-20(16-21)23(24,25)26/h3-10,16,19H,2,11-15,17H2,1H3. The highest BCUT2D eigenvalue weighted by Gasteiger charge is 2.36. The highest BCUT2D eigenvalue weighted by atomic mass is 32.2. The van der Waals surface area contributed by atoms with Crippen LogP contribution >= 0.6 is 0 Å². The molecule has 0 spiro atoms. The quantitative estimate of drug-likeness (QED) is 0.599. The lowest BCUT2D eigenvalue weighted by atomic mass is 9.96. The molecule has 0 unspecified atom stereocenters. The number of amides is 1. The second kappa shape index (κ2) is 10.0. The summed E-state index contributed by atoms with van der Waals surface area (Å²) in [5.74, 6) is -0.315. The van der Waals surface area contributed by atoms with Crippen LogP contribution in [0.4, 0.5) is 13.2 Å². The van der Waals surface area contributed by atoms with Gasteiger partial charge in [-0.15, -0.1) is 0 Å². The molecule has 174 valence electrons. The first-order valence-corrected chi connectivity index (χ1v) is 12.1. The lowest BCUT2D eigenvalue weighted by Crippen LogP contribution is -2.44. The van der Waals surface area contributed by atoms with Gasteiger partial charge in [-0.1, -0.05) is 43.3 Å². The number of hydrogen-bond acceptors (Lipinski definition) is 3. The first-order chi connectivity index (χ1) is 15.1. The maximum atomic E-state index is 13.1. The molecule has 1 aliphatic heterocycles. The molecular weight excluding hydrogens is 441 g/mol. The average molecular weight is 469 g/mol. The van der Waals surface area contributed by atoms with Gasteiger partial charge in [0.15, 0.2) is 0 Å². The van der Waals surface area contributed by atoms with E-state index in [1.165, 1.54) is 10.4 Å². The van der Waals surface area contributed by atoms with E-state index in [1.54, 1.807) is 4.90 Å². The summed E-state index contributed by atoms with van der Waals surface area (Å²) in [6, 6.07) is 13.4. The maximum Gasteiger partial charge on any atom is 0.416 e. The van der Waals surface area contributed by atoms with Gasteiger partial charge >= 0.3 is 6.18 Å². The monoisotopic (exact) mass is 468 g/mol. The number of alkyl halides is 3. The van der Waals surface area contributed by atoms with Crippen molar-refractivity contribution in [2.45, 2.75) is 43.8 Å². The van der Waals surface area contributed by atoms with Gasteiger partial charge in [-0.2, -0.15) is 17.5 Å². The molecule has 1 saturated heterocycles. The van der Waals surface area contributed by atoms with Crippen LogP contribution in [0.5, 0.6) is 0 Å². The van der Waals surface area contributed by atoms with Crippen molar-refractivity contribution in [1.82, 2.24) is 9.21 Å². The van der Waals surface area contributed by atoms with Crippen LogP contribution in [0.25, 0.3) is 0 Å². The van der Waals surface area contributed by atoms with E-state index in [9.17, 15) is 26.4 Å². The SMILES string of the molecule is CCCN(Cc1ccccc1)C(=O)C1CCN(S(=O)(=O)c2cccc(C(F)(F)F)c2)CC1. The third-order valence-corrected chi connectivity index (χ3v) is 7.52. The average Bonchev–Trinajstić information content (AvgIpc) is 2.78. The first-order valence-electron chi connectivity index (χ1n) is 10.6. The van der Waals surface area contributed by atoms with Gasteiger partial charge in [-0.25, -0.2) is 8.42 Å². The second-order valence-electron chi connectivity index (χ2n) is 7.95. The summed E-state index contributed by atoms with van der Waals surface area (Å²) in [5.41, 5.74) is 0.0265. The van der Waals surface area contributed by atoms with E-state index < -0.39 is 21.8 Å². The molecule has 0 aliphatic carbocycles. The number of benzene rings is 2. The van der Waals surface area contributed by atoms with Crippen molar-refractivity contribution >= 4 is 15.9 Å². The lowest BCUT2D eigenvalue weighted by Gasteiger charge is -2.33. The van der Waals surface area contributed by atoms with Crippen molar-refractivity contribution < 1.29 is 26.4 Å². The zero-order chi connectivity index (χ0) is 23.4. The van der Waals surface area contributed by atoms with E-state index in [-0.39, 0.29) is 29.8 Å². The van der Waals surface area contributed by atoms with Crippen LogP contribution in [0.15, 0.2) is 59.5 Å². The molecule has 0 aromatic heterocycles. The number of nitrogens with zero attached hydrogens (tertiary/aromatic N) is 2. The molecule has 0 saturated carbocycles. The van der Waals surface area contributed by atoms with Crippen molar-refractivity contribution in [3.05, 3.63) is 65.7 Å². The molecule has 5 nitrogen and oxygen atoms in total. The first kappa shape index (κ1) is 24.3. The van der Waals surface area contributed by atoms with Gasteiger partial charge in [0, 0.05) is 32.1 Å². The molecule has 32 heavy (non-hydrogen) atoms. The van der Waals surface area contributed by atoms with Crippen LogP contribution in [0.2, 0.25) is 0 Å². The van der Waals surface area contributed by atoms with Crippen LogP contribution in [-0.2, 0) is 27.5 Å². The Morgan fingerprint density at radius 1 is 1.06 bits per heavy atom. The molecule has 3 rings (SSSR count). The number of rotatable bonds is 7. The second-order valence-corrected chi connectivity index (χ2v) is 9.89. The van der Waals surface area contributed by atoms with E-state index >= 15 is 0 Å². The van der Waals surface area contributed by atoms with Crippen molar-refractivity contribution in [2.24, 2.45) is 5.92 Å². The molecule has 2 aromatic carbocycles. The third kappa shape index (κ3) is 5.69. The minimum atomic E-state index is -4.62. The summed E-state index contributed by atoms with van der Waals surface area (Å²) < 4.78 is 65.9. The van der Waals surface area contributed by atoms with E-state index in [4.69, 9.17) is 0 Å². The Morgan fingerprint density at radius 3 is 2.31 bits per heavy atom. The molecule has 1 fully saturated rings. The van der Waals surface area contributed by atoms with Crippen LogP contribution < -0.4 is 0 Å². The minimum absolute atomic E-state index is 0.00757. The fourth-order valence-corrected chi connectivity index (χ4v) is 5.44. The fraction of sp³-hybridized carbons (Fsp3) is 0.435. The topological polar surface area (TPSA) is 57.7 Å². The molecule has 1 amide bonds. The Morgan fingerprint density at radius 2 is 1.72 bits per heavy atom. The molecule has 0 atom stereocenters. The zero-order valence-corrected chi connectivity index (χ0v) is 18.7. The fourth-order valence-electron chi connectivity index (χ4n) is 3.92. The van der Waals surface area contributed by atoms with Crippen molar-refractivity contribution in [1.29, 1.82) is 0 Å². The largest absolute Gasteiger partial charge is 0.416 e. The van der Waals surface area contributed by atoms with Gasteiger partial charge in [0.05, 0.1) is 10.5 Å². The smallest absolute Gasteiger partial charge is 0.338 e. The zero-order valence-electron chi connectivity index (χ0n) is 17.9. The van der Waals surface area contributed by atoms with Gasteiger partial charge in [-0.05, 0) is 43.0 Å². The number of carbonyl (C=O) groups is 1. The van der Waals surface area contributed by atoms with Crippen LogP contribution in [0.3, 0.4) is 0 Å². The highest BCUT2D eigenvalue weighted by Crippen LogP contribution is 2.32. The van der Waals surface area contributed by atoms with Crippen LogP contribution in [0.1, 0.15) is 37.3 Å². The number of carbonyl (C=O) groups excluding carboxylic acids is 1. The molecule has 1 heterocycles. The molecule has 1 aliphatic rings. The Kier molecular flexibility index (Phi) is 7.61. The van der Waals surface area contributed by atoms with Gasteiger partial charge in [-0.3, -0.25) is 4.79 Å². The lowest BCUT2D eigenvalue weighted by molar-refractivity contribution is -0.138. The van der Waals surface area contributed by atoms with Crippen molar-refractivity contribution in [2.75, 3.05) is 19.6 Å². The van der Waals surface area contributed by atoms with E-state index in [0.717, 1.165) is 24.1 Å². The van der Waals surface area contributed by atoms with Crippen LogP contribution in [0, 0.1) is 5.92 Å². The summed E-state index contributed by atoms with van der Waals surface area (Å²) in [4.78, 5) is 14.5. The summed E-state index contributed by atoms with van der Waals surface area (Å²) in [5, 5.41) is 0. The van der Waals surface area contributed by atoms with Crippen molar-refractivity contribution in [3.63, 3.8) is 0 Å². The molecule has 9 heteroatoms. The Labute approximate surface area is 186 Å². The number of halogens is 3. The van der Waals surface area contributed by atoms with E-state index in [0.29, 0.717) is 32.0 Å². The summed E-state index contributed by atoms with van der Waals surface area (Å²) >= 11 is 0. The van der Waals surface area contributed by atoms with Crippen LogP contribution in [-0.4, -0.2) is 43.2 Å². The van der Waals surface area contributed by atoms with E-state index in [2.05, 4.69) is 0 Å². The summed E-state index contributed by atoms with van der Waals surface area (Å²) in [6.45, 7) is 3.29. The Bertz CT molecular complexity index is 1020. The normalized spacial score (nSPS) is 16.1. The summed E-state index contributed by atoms with van der Waals surface area (Å²) in [6.07, 6.45) is -3.13. The van der Waals surface area contributed by atoms with Gasteiger partial charge in [0.2, 0.25) is 15.9 Å². The Balaban J connectivity index is 1.67. The predicted molar refractivity (Wildman–Crippen MR) is 115 cm³/mol. The molecule has 0 N–H and O–H groups in total. The van der Waals surface area contributed by atoms with Gasteiger partial charge < -0.3 is 4.90 Å². The minimum Gasteiger partial charge on any atom is -0.338 e.